The summed E-state index contributed by atoms with van der Waals surface area (Å²) in [5.41, 5.74) is 0.914. The number of hydrogen-bond donors (Lipinski definition) is 0. The van der Waals surface area contributed by atoms with Gasteiger partial charge in [-0.05, 0) is 65.1 Å². The van der Waals surface area contributed by atoms with Crippen LogP contribution < -0.4 is 4.74 Å². The van der Waals surface area contributed by atoms with E-state index in [2.05, 4.69) is 6.92 Å². The van der Waals surface area contributed by atoms with E-state index in [1.807, 2.05) is 0 Å². The summed E-state index contributed by atoms with van der Waals surface area (Å²) in [5, 5.41) is 1.27. The molecular formula is C25H25F5O. The predicted octanol–water partition coefficient (Wildman–Crippen LogP) is 8.24. The summed E-state index contributed by atoms with van der Waals surface area (Å²) >= 11 is 0. The number of fused-ring (bicyclic) bond motifs is 1. The average Bonchev–Trinajstić information content (AvgIpc) is 2.71. The second-order valence-corrected chi connectivity index (χ2v) is 7.73. The normalized spacial score (nSPS) is 11.8. The molecule has 0 heterocycles. The van der Waals surface area contributed by atoms with E-state index in [4.69, 9.17) is 4.74 Å². The zero-order chi connectivity index (χ0) is 22.4. The van der Waals surface area contributed by atoms with E-state index >= 15 is 0 Å². The molecule has 3 rings (SSSR count). The van der Waals surface area contributed by atoms with Crippen LogP contribution in [0.15, 0.2) is 48.5 Å². The molecule has 0 N–H and O–H groups in total. The SMILES string of the molecule is CCCCCCCc1cc(F)c(-c2ccc3cc(OCC(F)(F)F)ccc3c2)c(F)c1. The Kier molecular flexibility index (Phi) is 7.52. The molecule has 1 nitrogen and oxygen atoms in total. The van der Waals surface area contributed by atoms with Crippen LogP contribution in [0.5, 0.6) is 5.75 Å². The lowest BCUT2D eigenvalue weighted by atomic mass is 9.97. The third kappa shape index (κ3) is 6.42. The van der Waals surface area contributed by atoms with Crippen LogP contribution in [0.2, 0.25) is 0 Å². The Balaban J connectivity index is 1.77. The van der Waals surface area contributed by atoms with E-state index in [-0.39, 0.29) is 11.3 Å². The van der Waals surface area contributed by atoms with Gasteiger partial charge in [0.05, 0.1) is 5.56 Å². The van der Waals surface area contributed by atoms with Gasteiger partial charge in [0.15, 0.2) is 6.61 Å². The highest BCUT2D eigenvalue weighted by molar-refractivity contribution is 5.88. The minimum Gasteiger partial charge on any atom is -0.484 e. The molecule has 166 valence electrons. The maximum absolute atomic E-state index is 14.7. The molecule has 0 aliphatic carbocycles. The highest BCUT2D eigenvalue weighted by Crippen LogP contribution is 2.32. The molecule has 0 saturated heterocycles. The lowest BCUT2D eigenvalue weighted by Crippen LogP contribution is -2.19. The molecule has 0 fully saturated rings. The monoisotopic (exact) mass is 436 g/mol. The third-order valence-electron chi connectivity index (χ3n) is 5.17. The Hall–Kier alpha value is -2.63. The van der Waals surface area contributed by atoms with Crippen LogP contribution in [0.4, 0.5) is 22.0 Å². The van der Waals surface area contributed by atoms with E-state index < -0.39 is 24.4 Å². The van der Waals surface area contributed by atoms with Gasteiger partial charge in [0.1, 0.15) is 17.4 Å². The van der Waals surface area contributed by atoms with Crippen LogP contribution in [-0.2, 0) is 6.42 Å². The van der Waals surface area contributed by atoms with E-state index in [0.29, 0.717) is 28.3 Å². The first kappa shape index (κ1) is 23.0. The molecule has 0 bridgehead atoms. The fourth-order valence-corrected chi connectivity index (χ4v) is 3.61. The first-order chi connectivity index (χ1) is 14.8. The quantitative estimate of drug-likeness (QED) is 0.242. The van der Waals surface area contributed by atoms with E-state index in [1.54, 1.807) is 24.3 Å². The number of unbranched alkanes of at least 4 members (excludes halogenated alkanes) is 4. The van der Waals surface area contributed by atoms with Gasteiger partial charge in [-0.2, -0.15) is 13.2 Å². The maximum atomic E-state index is 14.7. The van der Waals surface area contributed by atoms with Gasteiger partial charge in [0.2, 0.25) is 0 Å². The molecule has 0 radical (unpaired) electrons. The molecule has 31 heavy (non-hydrogen) atoms. The number of alkyl halides is 3. The van der Waals surface area contributed by atoms with Gasteiger partial charge < -0.3 is 4.74 Å². The first-order valence-electron chi connectivity index (χ1n) is 10.5. The molecule has 3 aromatic carbocycles. The van der Waals surface area contributed by atoms with Crippen LogP contribution in [-0.4, -0.2) is 12.8 Å². The molecule has 0 unspecified atom stereocenters. The predicted molar refractivity (Wildman–Crippen MR) is 113 cm³/mol. The summed E-state index contributed by atoms with van der Waals surface area (Å²) in [6.45, 7) is 0.759. The van der Waals surface area contributed by atoms with E-state index in [0.717, 1.165) is 25.7 Å². The number of benzene rings is 3. The van der Waals surface area contributed by atoms with Gasteiger partial charge in [-0.1, -0.05) is 50.8 Å². The summed E-state index contributed by atoms with van der Waals surface area (Å²) in [5.74, 6) is -1.15. The molecule has 0 aromatic heterocycles. The highest BCUT2D eigenvalue weighted by atomic mass is 19.4. The van der Waals surface area contributed by atoms with Crippen LogP contribution >= 0.6 is 0 Å². The minimum atomic E-state index is -4.42. The van der Waals surface area contributed by atoms with Crippen molar-refractivity contribution in [3.05, 3.63) is 65.7 Å². The van der Waals surface area contributed by atoms with Gasteiger partial charge in [0.25, 0.3) is 0 Å². The number of ether oxygens (including phenoxy) is 1. The van der Waals surface area contributed by atoms with Crippen molar-refractivity contribution >= 4 is 10.8 Å². The minimum absolute atomic E-state index is 0.0817. The molecule has 0 atom stereocenters. The topological polar surface area (TPSA) is 9.23 Å². The van der Waals surface area contributed by atoms with Crippen LogP contribution in [0.1, 0.15) is 44.6 Å². The number of rotatable bonds is 9. The largest absolute Gasteiger partial charge is 0.484 e. The van der Waals surface area contributed by atoms with Crippen molar-refractivity contribution in [2.45, 2.75) is 51.6 Å². The Labute approximate surface area is 178 Å². The first-order valence-corrected chi connectivity index (χ1v) is 10.5. The lowest BCUT2D eigenvalue weighted by molar-refractivity contribution is -0.153. The zero-order valence-corrected chi connectivity index (χ0v) is 17.4. The Morgan fingerprint density at radius 2 is 1.42 bits per heavy atom. The summed E-state index contributed by atoms with van der Waals surface area (Å²) < 4.78 is 71.2. The molecule has 0 aliphatic rings. The van der Waals surface area contributed by atoms with Gasteiger partial charge in [-0.15, -0.1) is 0 Å². The molecule has 0 amide bonds. The third-order valence-corrected chi connectivity index (χ3v) is 5.17. The Morgan fingerprint density at radius 3 is 2.10 bits per heavy atom. The van der Waals surface area contributed by atoms with E-state index in [1.165, 1.54) is 30.7 Å². The van der Waals surface area contributed by atoms with Gasteiger partial charge in [-0.3, -0.25) is 0 Å². The van der Waals surface area contributed by atoms with Gasteiger partial charge in [0, 0.05) is 0 Å². The molecule has 0 saturated carbocycles. The Bertz CT molecular complexity index is 1000. The lowest BCUT2D eigenvalue weighted by Gasteiger charge is -2.12. The van der Waals surface area contributed by atoms with Crippen molar-refractivity contribution in [2.75, 3.05) is 6.61 Å². The smallest absolute Gasteiger partial charge is 0.422 e. The summed E-state index contributed by atoms with van der Waals surface area (Å²) in [6, 6.07) is 12.0. The second kappa shape index (κ2) is 10.1. The van der Waals surface area contributed by atoms with Crippen molar-refractivity contribution in [1.82, 2.24) is 0 Å². The molecule has 3 aromatic rings. The fraction of sp³-hybridized carbons (Fsp3) is 0.360. The molecule has 0 spiro atoms. The van der Waals surface area contributed by atoms with Crippen molar-refractivity contribution < 1.29 is 26.7 Å². The van der Waals surface area contributed by atoms with Gasteiger partial charge >= 0.3 is 6.18 Å². The highest BCUT2D eigenvalue weighted by Gasteiger charge is 2.28. The Morgan fingerprint density at radius 1 is 0.774 bits per heavy atom. The van der Waals surface area contributed by atoms with Crippen molar-refractivity contribution in [3.63, 3.8) is 0 Å². The fourth-order valence-electron chi connectivity index (χ4n) is 3.61. The average molecular weight is 436 g/mol. The van der Waals surface area contributed by atoms with Crippen LogP contribution in [0.25, 0.3) is 21.9 Å². The van der Waals surface area contributed by atoms with E-state index in [9.17, 15) is 22.0 Å². The standard InChI is InChI=1S/C25H25F5O/c1-2-3-4-5-6-7-17-12-22(26)24(23(27)13-17)20-9-8-19-15-21(11-10-18(19)14-20)31-16-25(28,29)30/h8-15H,2-7,16H2,1H3. The molecule has 6 heteroatoms. The van der Waals surface area contributed by atoms with Crippen molar-refractivity contribution in [3.8, 4) is 16.9 Å². The molecular weight excluding hydrogens is 411 g/mol. The molecule has 0 aliphatic heterocycles. The summed E-state index contributed by atoms with van der Waals surface area (Å²) in [4.78, 5) is 0. The van der Waals surface area contributed by atoms with Crippen molar-refractivity contribution in [1.29, 1.82) is 0 Å². The summed E-state index contributed by atoms with van der Waals surface area (Å²) in [7, 11) is 0. The summed E-state index contributed by atoms with van der Waals surface area (Å²) in [6.07, 6.45) is 1.59. The second-order valence-electron chi connectivity index (χ2n) is 7.73. The number of aryl methyl sites for hydroxylation is 1. The van der Waals surface area contributed by atoms with Crippen LogP contribution in [0, 0.1) is 11.6 Å². The van der Waals surface area contributed by atoms with Crippen LogP contribution in [0.3, 0.4) is 0 Å². The van der Waals surface area contributed by atoms with Gasteiger partial charge in [-0.25, -0.2) is 8.78 Å². The number of hydrogen-bond acceptors (Lipinski definition) is 1. The zero-order valence-electron chi connectivity index (χ0n) is 17.4. The van der Waals surface area contributed by atoms with Crippen molar-refractivity contribution in [2.24, 2.45) is 0 Å². The maximum Gasteiger partial charge on any atom is 0.422 e. The number of halogens is 5.